The fourth-order valence-electron chi connectivity index (χ4n) is 1.42. The second kappa shape index (κ2) is 4.39. The molecule has 0 atom stereocenters. The van der Waals surface area contributed by atoms with Gasteiger partial charge in [0.1, 0.15) is 0 Å². The Hall–Kier alpha value is -2.26. The van der Waals surface area contributed by atoms with Gasteiger partial charge in [-0.3, -0.25) is 4.98 Å². The minimum absolute atomic E-state index is 0.213. The Bertz CT molecular complexity index is 664. The molecule has 0 bridgehead atoms. The molecule has 2 aromatic rings. The van der Waals surface area contributed by atoms with Crippen LogP contribution < -0.4 is 5.69 Å². The molecule has 1 aromatic heterocycles. The Morgan fingerprint density at radius 3 is 1.90 bits per heavy atom. The molecular formula is C10H5F6N3O. The first-order chi connectivity index (χ1) is 9.09. The van der Waals surface area contributed by atoms with Crippen molar-refractivity contribution in [3.8, 4) is 5.69 Å². The van der Waals surface area contributed by atoms with Gasteiger partial charge in [0.15, 0.2) is 0 Å². The molecule has 0 spiro atoms. The standard InChI is InChI=1S/C10H5F6N3O/c11-9(12,13)5-1-3-6(4-2-5)19-8(20)17-7(18-19)10(14,15)16/h1-4H,(H,17,18,20). The predicted molar refractivity (Wildman–Crippen MR) is 54.2 cm³/mol. The van der Waals surface area contributed by atoms with E-state index in [2.05, 4.69) is 5.10 Å². The summed E-state index contributed by atoms with van der Waals surface area (Å²) < 4.78 is 74.3. The number of hydrogen-bond donors (Lipinski definition) is 1. The van der Waals surface area contributed by atoms with Gasteiger partial charge in [-0.05, 0) is 24.3 Å². The first-order valence-corrected chi connectivity index (χ1v) is 5.03. The molecule has 4 nitrogen and oxygen atoms in total. The molecule has 0 amide bonds. The summed E-state index contributed by atoms with van der Waals surface area (Å²) in [6, 6.07) is 2.99. The minimum Gasteiger partial charge on any atom is -0.285 e. The molecule has 1 heterocycles. The van der Waals surface area contributed by atoms with Crippen LogP contribution in [0.4, 0.5) is 26.3 Å². The molecule has 0 unspecified atom stereocenters. The molecule has 10 heteroatoms. The average molecular weight is 297 g/mol. The number of aromatic amines is 1. The molecule has 0 saturated carbocycles. The van der Waals surface area contributed by atoms with Crippen molar-refractivity contribution in [3.63, 3.8) is 0 Å². The van der Waals surface area contributed by atoms with Gasteiger partial charge in [-0.1, -0.05) is 0 Å². The molecule has 0 fully saturated rings. The zero-order valence-corrected chi connectivity index (χ0v) is 9.38. The van der Waals surface area contributed by atoms with Crippen molar-refractivity contribution in [2.45, 2.75) is 12.4 Å². The number of alkyl halides is 6. The molecule has 0 aliphatic heterocycles. The van der Waals surface area contributed by atoms with Gasteiger partial charge in [-0.25, -0.2) is 4.79 Å². The monoisotopic (exact) mass is 297 g/mol. The summed E-state index contributed by atoms with van der Waals surface area (Å²) >= 11 is 0. The Kier molecular flexibility index (Phi) is 3.11. The van der Waals surface area contributed by atoms with Crippen LogP contribution in [0.3, 0.4) is 0 Å². The number of rotatable bonds is 1. The second-order valence-corrected chi connectivity index (χ2v) is 3.73. The summed E-state index contributed by atoms with van der Waals surface area (Å²) in [5.74, 6) is -1.53. The molecule has 108 valence electrons. The molecule has 20 heavy (non-hydrogen) atoms. The maximum atomic E-state index is 12.3. The number of H-pyrrole nitrogens is 1. The Labute approximate surface area is 106 Å². The fraction of sp³-hybridized carbons (Fsp3) is 0.200. The van der Waals surface area contributed by atoms with Crippen molar-refractivity contribution in [2.75, 3.05) is 0 Å². The maximum absolute atomic E-state index is 12.3. The van der Waals surface area contributed by atoms with Crippen molar-refractivity contribution in [1.29, 1.82) is 0 Å². The van der Waals surface area contributed by atoms with E-state index in [4.69, 9.17) is 0 Å². The largest absolute Gasteiger partial charge is 0.451 e. The summed E-state index contributed by atoms with van der Waals surface area (Å²) in [4.78, 5) is 12.8. The number of aromatic nitrogens is 3. The lowest BCUT2D eigenvalue weighted by molar-refractivity contribution is -0.144. The van der Waals surface area contributed by atoms with Crippen LogP contribution in [0.1, 0.15) is 11.4 Å². The van der Waals surface area contributed by atoms with Crippen LogP contribution >= 0.6 is 0 Å². The SMILES string of the molecule is O=c1[nH]c(C(F)(F)F)nn1-c1ccc(C(F)(F)F)cc1. The van der Waals surface area contributed by atoms with Gasteiger partial charge in [-0.2, -0.15) is 31.0 Å². The third-order valence-electron chi connectivity index (χ3n) is 2.33. The Balaban J connectivity index is 2.43. The van der Waals surface area contributed by atoms with Crippen LogP contribution in [-0.4, -0.2) is 14.8 Å². The molecule has 0 radical (unpaired) electrons. The number of nitrogens with zero attached hydrogens (tertiary/aromatic N) is 2. The highest BCUT2D eigenvalue weighted by Crippen LogP contribution is 2.29. The normalized spacial score (nSPS) is 12.7. The van der Waals surface area contributed by atoms with Crippen LogP contribution in [0.2, 0.25) is 0 Å². The first kappa shape index (κ1) is 14.2. The Morgan fingerprint density at radius 2 is 1.50 bits per heavy atom. The lowest BCUT2D eigenvalue weighted by atomic mass is 10.2. The highest BCUT2D eigenvalue weighted by atomic mass is 19.4. The van der Waals surface area contributed by atoms with E-state index in [9.17, 15) is 31.1 Å². The van der Waals surface area contributed by atoms with Gasteiger partial charge in [-0.15, -0.1) is 5.10 Å². The van der Waals surface area contributed by atoms with E-state index in [1.165, 1.54) is 4.98 Å². The number of hydrogen-bond acceptors (Lipinski definition) is 2. The summed E-state index contributed by atoms with van der Waals surface area (Å²) in [6.07, 6.45) is -9.43. The Morgan fingerprint density at radius 1 is 0.950 bits per heavy atom. The fourth-order valence-corrected chi connectivity index (χ4v) is 1.42. The highest BCUT2D eigenvalue weighted by molar-refractivity contribution is 5.34. The van der Waals surface area contributed by atoms with E-state index in [0.29, 0.717) is 16.8 Å². The van der Waals surface area contributed by atoms with E-state index in [1.54, 1.807) is 0 Å². The van der Waals surface area contributed by atoms with E-state index >= 15 is 0 Å². The van der Waals surface area contributed by atoms with Crippen molar-refractivity contribution in [1.82, 2.24) is 14.8 Å². The number of halogens is 6. The molecule has 2 rings (SSSR count). The first-order valence-electron chi connectivity index (χ1n) is 5.03. The van der Waals surface area contributed by atoms with Gasteiger partial charge in [0.05, 0.1) is 11.3 Å². The zero-order valence-electron chi connectivity index (χ0n) is 9.38. The zero-order chi connectivity index (χ0) is 15.1. The highest BCUT2D eigenvalue weighted by Gasteiger charge is 2.36. The minimum atomic E-state index is -4.85. The van der Waals surface area contributed by atoms with Crippen molar-refractivity contribution in [3.05, 3.63) is 46.1 Å². The van der Waals surface area contributed by atoms with Crippen LogP contribution in [0, 0.1) is 0 Å². The third-order valence-corrected chi connectivity index (χ3v) is 2.33. The molecule has 0 aliphatic rings. The van der Waals surface area contributed by atoms with Crippen LogP contribution in [0.25, 0.3) is 5.69 Å². The van der Waals surface area contributed by atoms with Gasteiger partial charge < -0.3 is 0 Å². The van der Waals surface area contributed by atoms with Crippen molar-refractivity contribution in [2.24, 2.45) is 0 Å². The average Bonchev–Trinajstić information content (AvgIpc) is 2.70. The van der Waals surface area contributed by atoms with Crippen LogP contribution in [0.15, 0.2) is 29.1 Å². The van der Waals surface area contributed by atoms with E-state index < -0.39 is 29.4 Å². The molecule has 0 saturated heterocycles. The molecule has 1 aromatic carbocycles. The molecule has 1 N–H and O–H groups in total. The topological polar surface area (TPSA) is 50.7 Å². The van der Waals surface area contributed by atoms with Crippen LogP contribution in [-0.2, 0) is 12.4 Å². The van der Waals surface area contributed by atoms with Gasteiger partial charge >= 0.3 is 18.0 Å². The summed E-state index contributed by atoms with van der Waals surface area (Å²) in [7, 11) is 0. The van der Waals surface area contributed by atoms with Crippen LogP contribution in [0.5, 0.6) is 0 Å². The number of nitrogens with one attached hydrogen (secondary N) is 1. The molecule has 0 aliphatic carbocycles. The number of benzene rings is 1. The van der Waals surface area contributed by atoms with Crippen molar-refractivity contribution < 1.29 is 26.3 Å². The third kappa shape index (κ3) is 2.68. The summed E-state index contributed by atoms with van der Waals surface area (Å²) in [5, 5.41) is 2.99. The van der Waals surface area contributed by atoms with Crippen molar-refractivity contribution >= 4 is 0 Å². The lowest BCUT2D eigenvalue weighted by Gasteiger charge is -2.07. The van der Waals surface area contributed by atoms with Gasteiger partial charge in [0.25, 0.3) is 0 Å². The maximum Gasteiger partial charge on any atom is 0.451 e. The van der Waals surface area contributed by atoms with Gasteiger partial charge in [0.2, 0.25) is 5.82 Å². The van der Waals surface area contributed by atoms with E-state index in [1.807, 2.05) is 0 Å². The second-order valence-electron chi connectivity index (χ2n) is 3.73. The van der Waals surface area contributed by atoms with Gasteiger partial charge in [0, 0.05) is 0 Å². The van der Waals surface area contributed by atoms with E-state index in [0.717, 1.165) is 12.1 Å². The predicted octanol–water partition coefficient (Wildman–Crippen LogP) is 2.60. The smallest absolute Gasteiger partial charge is 0.285 e. The quantitative estimate of drug-likeness (QED) is 0.823. The summed E-state index contributed by atoms with van der Waals surface area (Å²) in [6.45, 7) is 0. The lowest BCUT2D eigenvalue weighted by Crippen LogP contribution is -2.16. The molecular weight excluding hydrogens is 292 g/mol. The van der Waals surface area contributed by atoms with E-state index in [-0.39, 0.29) is 5.69 Å². The summed E-state index contributed by atoms with van der Waals surface area (Å²) in [5.41, 5.74) is -2.40.